The number of rotatable bonds is 4. The van der Waals surface area contributed by atoms with Crippen molar-refractivity contribution in [1.29, 1.82) is 0 Å². The molecule has 2 unspecified atom stereocenters. The van der Waals surface area contributed by atoms with Crippen molar-refractivity contribution in [2.45, 2.75) is 46.2 Å². The van der Waals surface area contributed by atoms with Gasteiger partial charge < -0.3 is 5.73 Å². The molecule has 2 atom stereocenters. The van der Waals surface area contributed by atoms with Crippen LogP contribution in [0.3, 0.4) is 0 Å². The summed E-state index contributed by atoms with van der Waals surface area (Å²) in [5, 5.41) is 4.15. The molecule has 15 heavy (non-hydrogen) atoms. The zero-order valence-electron chi connectivity index (χ0n) is 9.77. The summed E-state index contributed by atoms with van der Waals surface area (Å²) in [4.78, 5) is 4.26. The molecule has 1 aromatic rings. The summed E-state index contributed by atoms with van der Waals surface area (Å²) in [7, 11) is 0. The zero-order chi connectivity index (χ0) is 11.1. The molecule has 1 fully saturated rings. The summed E-state index contributed by atoms with van der Waals surface area (Å²) in [6, 6.07) is 0.231. The standard InChI is InChI=1S/C11H20N4/c1-4-15-10(13-7-14-15)5-9(12)8-6-11(8,2)3/h7-9H,4-6,12H2,1-3H3. The van der Waals surface area contributed by atoms with Crippen molar-refractivity contribution in [1.82, 2.24) is 14.8 Å². The number of aryl methyl sites for hydroxylation is 1. The van der Waals surface area contributed by atoms with E-state index in [0.717, 1.165) is 18.8 Å². The number of hydrogen-bond acceptors (Lipinski definition) is 3. The molecule has 1 aliphatic carbocycles. The van der Waals surface area contributed by atoms with Crippen LogP contribution in [0.15, 0.2) is 6.33 Å². The summed E-state index contributed by atoms with van der Waals surface area (Å²) in [6.45, 7) is 7.50. The van der Waals surface area contributed by atoms with Gasteiger partial charge in [0.25, 0.3) is 0 Å². The fourth-order valence-corrected chi connectivity index (χ4v) is 2.30. The highest BCUT2D eigenvalue weighted by Gasteiger charge is 2.48. The van der Waals surface area contributed by atoms with Crippen LogP contribution in [0.4, 0.5) is 0 Å². The van der Waals surface area contributed by atoms with Gasteiger partial charge >= 0.3 is 0 Å². The van der Waals surface area contributed by atoms with Crippen LogP contribution in [0.25, 0.3) is 0 Å². The van der Waals surface area contributed by atoms with Crippen LogP contribution in [0.2, 0.25) is 0 Å². The van der Waals surface area contributed by atoms with Crippen LogP contribution >= 0.6 is 0 Å². The Hall–Kier alpha value is -0.900. The molecule has 0 saturated heterocycles. The summed E-state index contributed by atoms with van der Waals surface area (Å²) < 4.78 is 1.93. The quantitative estimate of drug-likeness (QED) is 0.809. The minimum atomic E-state index is 0.231. The Labute approximate surface area is 90.9 Å². The van der Waals surface area contributed by atoms with Crippen molar-refractivity contribution in [3.8, 4) is 0 Å². The Morgan fingerprint density at radius 3 is 2.87 bits per heavy atom. The van der Waals surface area contributed by atoms with Crippen LogP contribution in [-0.2, 0) is 13.0 Å². The predicted octanol–water partition coefficient (Wildman–Crippen LogP) is 1.21. The molecule has 4 heteroatoms. The number of nitrogens with zero attached hydrogens (tertiary/aromatic N) is 3. The highest BCUT2D eigenvalue weighted by molar-refractivity contribution is 5.04. The maximum atomic E-state index is 6.19. The third kappa shape index (κ3) is 2.04. The Morgan fingerprint density at radius 2 is 2.33 bits per heavy atom. The van der Waals surface area contributed by atoms with E-state index in [1.54, 1.807) is 6.33 Å². The Kier molecular flexibility index (Phi) is 2.54. The summed E-state index contributed by atoms with van der Waals surface area (Å²) >= 11 is 0. The van der Waals surface area contributed by atoms with Gasteiger partial charge in [-0.05, 0) is 24.7 Å². The Balaban J connectivity index is 1.97. The van der Waals surface area contributed by atoms with E-state index in [1.165, 1.54) is 6.42 Å². The van der Waals surface area contributed by atoms with Crippen molar-refractivity contribution in [3.05, 3.63) is 12.2 Å². The van der Waals surface area contributed by atoms with Crippen LogP contribution in [0.5, 0.6) is 0 Å². The lowest BCUT2D eigenvalue weighted by atomic mass is 10.0. The van der Waals surface area contributed by atoms with Crippen LogP contribution < -0.4 is 5.73 Å². The van der Waals surface area contributed by atoms with Gasteiger partial charge in [0.1, 0.15) is 12.2 Å². The summed E-state index contributed by atoms with van der Waals surface area (Å²) in [5.41, 5.74) is 6.63. The van der Waals surface area contributed by atoms with Crippen LogP contribution in [-0.4, -0.2) is 20.8 Å². The summed E-state index contributed by atoms with van der Waals surface area (Å²) in [6.07, 6.45) is 3.71. The third-order valence-corrected chi connectivity index (χ3v) is 3.52. The minimum absolute atomic E-state index is 0.231. The van der Waals surface area contributed by atoms with Gasteiger partial charge in [0.2, 0.25) is 0 Å². The van der Waals surface area contributed by atoms with Crippen molar-refractivity contribution < 1.29 is 0 Å². The first-order chi connectivity index (χ1) is 7.04. The molecule has 2 N–H and O–H groups in total. The van der Waals surface area contributed by atoms with Gasteiger partial charge in [0.15, 0.2) is 0 Å². The molecule has 1 heterocycles. The minimum Gasteiger partial charge on any atom is -0.327 e. The molecular weight excluding hydrogens is 188 g/mol. The molecule has 0 bridgehead atoms. The van der Waals surface area contributed by atoms with Gasteiger partial charge in [-0.1, -0.05) is 13.8 Å². The Morgan fingerprint density at radius 1 is 1.67 bits per heavy atom. The average molecular weight is 208 g/mol. The second-order valence-corrected chi connectivity index (χ2v) is 5.16. The van der Waals surface area contributed by atoms with E-state index in [4.69, 9.17) is 5.73 Å². The second-order valence-electron chi connectivity index (χ2n) is 5.16. The molecule has 0 radical (unpaired) electrons. The van der Waals surface area contributed by atoms with Gasteiger partial charge in [-0.3, -0.25) is 4.68 Å². The molecule has 0 amide bonds. The molecule has 1 aromatic heterocycles. The maximum absolute atomic E-state index is 6.19. The SMILES string of the molecule is CCn1ncnc1CC(N)C1CC1(C)C. The second kappa shape index (κ2) is 3.59. The average Bonchev–Trinajstić information content (AvgIpc) is 2.60. The van der Waals surface area contributed by atoms with Gasteiger partial charge in [-0.2, -0.15) is 5.10 Å². The highest BCUT2D eigenvalue weighted by atomic mass is 15.3. The summed E-state index contributed by atoms with van der Waals surface area (Å²) in [5.74, 6) is 1.67. The van der Waals surface area contributed by atoms with Gasteiger partial charge in [-0.15, -0.1) is 0 Å². The number of hydrogen-bond donors (Lipinski definition) is 1. The fourth-order valence-electron chi connectivity index (χ4n) is 2.30. The first-order valence-corrected chi connectivity index (χ1v) is 5.67. The van der Waals surface area contributed by atoms with E-state index in [9.17, 15) is 0 Å². The van der Waals surface area contributed by atoms with Crippen molar-refractivity contribution in [2.24, 2.45) is 17.1 Å². The van der Waals surface area contributed by atoms with Gasteiger partial charge in [-0.25, -0.2) is 4.98 Å². The van der Waals surface area contributed by atoms with Crippen LogP contribution in [0, 0.1) is 11.3 Å². The maximum Gasteiger partial charge on any atom is 0.138 e. The van der Waals surface area contributed by atoms with Crippen molar-refractivity contribution >= 4 is 0 Å². The molecule has 1 saturated carbocycles. The molecule has 2 rings (SSSR count). The van der Waals surface area contributed by atoms with E-state index in [-0.39, 0.29) is 6.04 Å². The molecule has 4 nitrogen and oxygen atoms in total. The monoisotopic (exact) mass is 208 g/mol. The normalized spacial score (nSPS) is 25.2. The van der Waals surface area contributed by atoms with Crippen molar-refractivity contribution in [3.63, 3.8) is 0 Å². The lowest BCUT2D eigenvalue weighted by Crippen LogP contribution is -2.29. The molecule has 84 valence electrons. The largest absolute Gasteiger partial charge is 0.327 e. The van der Waals surface area contributed by atoms with Crippen LogP contribution in [0.1, 0.15) is 33.0 Å². The van der Waals surface area contributed by atoms with E-state index >= 15 is 0 Å². The molecule has 0 spiro atoms. The lowest BCUT2D eigenvalue weighted by molar-refractivity contribution is 0.460. The third-order valence-electron chi connectivity index (χ3n) is 3.52. The van der Waals surface area contributed by atoms with E-state index in [0.29, 0.717) is 11.3 Å². The van der Waals surface area contributed by atoms with Crippen molar-refractivity contribution in [2.75, 3.05) is 0 Å². The predicted molar refractivity (Wildman–Crippen MR) is 59.3 cm³/mol. The Bertz CT molecular complexity index is 342. The molecular formula is C11H20N4. The topological polar surface area (TPSA) is 56.7 Å². The lowest BCUT2D eigenvalue weighted by Gasteiger charge is -2.13. The number of nitrogens with two attached hydrogens (primary N) is 1. The van der Waals surface area contributed by atoms with E-state index in [2.05, 4.69) is 30.9 Å². The molecule has 0 aromatic carbocycles. The first-order valence-electron chi connectivity index (χ1n) is 5.67. The highest BCUT2D eigenvalue weighted by Crippen LogP contribution is 2.53. The molecule has 1 aliphatic rings. The van der Waals surface area contributed by atoms with E-state index < -0.39 is 0 Å². The van der Waals surface area contributed by atoms with Gasteiger partial charge in [0.05, 0.1) is 0 Å². The molecule has 0 aliphatic heterocycles. The van der Waals surface area contributed by atoms with E-state index in [1.807, 2.05) is 4.68 Å². The zero-order valence-corrected chi connectivity index (χ0v) is 9.77. The smallest absolute Gasteiger partial charge is 0.138 e. The first kappa shape index (κ1) is 10.6. The van der Waals surface area contributed by atoms with Gasteiger partial charge in [0, 0.05) is 19.0 Å². The fraction of sp³-hybridized carbons (Fsp3) is 0.818. The number of aromatic nitrogens is 3.